The van der Waals surface area contributed by atoms with Crippen molar-refractivity contribution in [3.05, 3.63) is 59.2 Å². The van der Waals surface area contributed by atoms with Gasteiger partial charge in [-0.15, -0.1) is 23.2 Å². The highest BCUT2D eigenvalue weighted by Gasteiger charge is 2.54. The van der Waals surface area contributed by atoms with Crippen LogP contribution >= 0.6 is 23.2 Å². The third kappa shape index (κ3) is 4.91. The predicted molar refractivity (Wildman–Crippen MR) is 145 cm³/mol. The summed E-state index contributed by atoms with van der Waals surface area (Å²) < 4.78 is 5.75. The Bertz CT molecular complexity index is 1110. The van der Waals surface area contributed by atoms with Gasteiger partial charge in [0.2, 0.25) is 0 Å². The second-order valence-corrected chi connectivity index (χ2v) is 11.6. The Hall–Kier alpha value is -2.04. The van der Waals surface area contributed by atoms with Crippen LogP contribution in [0.25, 0.3) is 0 Å². The first-order chi connectivity index (χ1) is 17.4. The van der Waals surface area contributed by atoms with E-state index in [1.807, 2.05) is 30.3 Å². The summed E-state index contributed by atoms with van der Waals surface area (Å²) >= 11 is 11.8. The number of aryl methyl sites for hydroxylation is 1. The number of esters is 1. The van der Waals surface area contributed by atoms with Gasteiger partial charge in [-0.05, 0) is 90.8 Å². The van der Waals surface area contributed by atoms with Crippen LogP contribution < -0.4 is 9.64 Å². The van der Waals surface area contributed by atoms with E-state index in [0.717, 1.165) is 62.9 Å². The van der Waals surface area contributed by atoms with E-state index in [-0.39, 0.29) is 17.8 Å². The van der Waals surface area contributed by atoms with Crippen LogP contribution in [0.4, 0.5) is 5.69 Å². The zero-order valence-electron chi connectivity index (χ0n) is 21.0. The fourth-order valence-electron chi connectivity index (χ4n) is 7.13. The number of rotatable bonds is 8. The largest absolute Gasteiger partial charge is 0.426 e. The van der Waals surface area contributed by atoms with Gasteiger partial charge in [-0.2, -0.15) is 0 Å². The minimum Gasteiger partial charge on any atom is -0.426 e. The van der Waals surface area contributed by atoms with Crippen molar-refractivity contribution in [1.82, 2.24) is 0 Å². The lowest BCUT2D eigenvalue weighted by molar-refractivity contribution is -0.133. The topological polar surface area (TPSA) is 46.6 Å². The molecule has 0 bridgehead atoms. The van der Waals surface area contributed by atoms with Crippen LogP contribution in [0.5, 0.6) is 5.75 Å². The summed E-state index contributed by atoms with van der Waals surface area (Å²) in [4.78, 5) is 27.4. The van der Waals surface area contributed by atoms with Crippen LogP contribution in [-0.4, -0.2) is 36.6 Å². The molecule has 0 saturated heterocycles. The number of fused-ring (bicyclic) bond motifs is 5. The first kappa shape index (κ1) is 25.6. The third-order valence-electron chi connectivity index (χ3n) is 9.00. The Balaban J connectivity index is 1.22. The van der Waals surface area contributed by atoms with Gasteiger partial charge in [0.25, 0.3) is 0 Å². The van der Waals surface area contributed by atoms with Gasteiger partial charge >= 0.3 is 5.97 Å². The number of hydrogen-bond acceptors (Lipinski definition) is 4. The molecule has 0 N–H and O–H groups in total. The first-order valence-corrected chi connectivity index (χ1v) is 14.3. The minimum atomic E-state index is -0.257. The van der Waals surface area contributed by atoms with E-state index in [2.05, 4.69) is 24.0 Å². The van der Waals surface area contributed by atoms with Crippen LogP contribution in [0, 0.1) is 17.3 Å². The smallest absolute Gasteiger partial charge is 0.315 e. The zero-order chi connectivity index (χ0) is 25.3. The SMILES string of the molecule is CC12CCC3c4ccc(OC(=O)Cc5ccc(N(CCCl)CCCl)cc5)cc4CCC3C1CCC2=O. The lowest BCUT2D eigenvalue weighted by Gasteiger charge is -2.48. The maximum atomic E-state index is 12.7. The summed E-state index contributed by atoms with van der Waals surface area (Å²) in [6.07, 6.45) is 6.24. The van der Waals surface area contributed by atoms with Crippen LogP contribution in [0.3, 0.4) is 0 Å². The number of ketones is 1. The van der Waals surface area contributed by atoms with E-state index in [0.29, 0.717) is 41.0 Å². The quantitative estimate of drug-likeness (QED) is 0.222. The Morgan fingerprint density at radius 2 is 1.78 bits per heavy atom. The molecular formula is C30H35Cl2NO3. The number of ether oxygens (including phenoxy) is 1. The third-order valence-corrected chi connectivity index (χ3v) is 9.34. The minimum absolute atomic E-state index is 0.0984. The lowest BCUT2D eigenvalue weighted by Crippen LogP contribution is -2.42. The summed E-state index contributed by atoms with van der Waals surface area (Å²) in [5.74, 6) is 3.57. The van der Waals surface area contributed by atoms with Gasteiger partial charge in [0, 0.05) is 42.4 Å². The molecule has 2 aromatic rings. The average molecular weight is 529 g/mol. The molecule has 4 unspecified atom stereocenters. The summed E-state index contributed by atoms with van der Waals surface area (Å²) in [5, 5.41) is 0. The van der Waals surface area contributed by atoms with Crippen molar-refractivity contribution in [2.75, 3.05) is 29.7 Å². The average Bonchev–Trinajstić information content (AvgIpc) is 3.18. The molecule has 2 aromatic carbocycles. The van der Waals surface area contributed by atoms with Crippen molar-refractivity contribution in [3.8, 4) is 5.75 Å². The van der Waals surface area contributed by atoms with Crippen molar-refractivity contribution in [3.63, 3.8) is 0 Å². The molecule has 36 heavy (non-hydrogen) atoms. The monoisotopic (exact) mass is 527 g/mol. The molecule has 192 valence electrons. The molecule has 0 amide bonds. The highest BCUT2D eigenvalue weighted by atomic mass is 35.5. The van der Waals surface area contributed by atoms with Gasteiger partial charge < -0.3 is 9.64 Å². The molecule has 5 rings (SSSR count). The fourth-order valence-corrected chi connectivity index (χ4v) is 7.53. The van der Waals surface area contributed by atoms with Crippen molar-refractivity contribution in [1.29, 1.82) is 0 Å². The van der Waals surface area contributed by atoms with E-state index in [1.54, 1.807) is 0 Å². The van der Waals surface area contributed by atoms with E-state index in [4.69, 9.17) is 27.9 Å². The van der Waals surface area contributed by atoms with Gasteiger partial charge in [0.1, 0.15) is 11.5 Å². The molecule has 0 heterocycles. The summed E-state index contributed by atoms with van der Waals surface area (Å²) in [5.41, 5.74) is 4.57. The van der Waals surface area contributed by atoms with Crippen LogP contribution in [0.15, 0.2) is 42.5 Å². The second-order valence-electron chi connectivity index (χ2n) is 10.9. The molecule has 4 atom stereocenters. The highest BCUT2D eigenvalue weighted by molar-refractivity contribution is 6.18. The van der Waals surface area contributed by atoms with Gasteiger partial charge in [0.05, 0.1) is 6.42 Å². The van der Waals surface area contributed by atoms with Crippen molar-refractivity contribution < 1.29 is 14.3 Å². The lowest BCUT2D eigenvalue weighted by atomic mass is 9.55. The maximum absolute atomic E-state index is 12.7. The number of anilines is 1. The molecular weight excluding hydrogens is 493 g/mol. The molecule has 0 aromatic heterocycles. The fraction of sp³-hybridized carbons (Fsp3) is 0.533. The first-order valence-electron chi connectivity index (χ1n) is 13.3. The number of alkyl halides is 2. The summed E-state index contributed by atoms with van der Waals surface area (Å²) in [6.45, 7) is 3.67. The number of Topliss-reactive ketones (excluding diaryl/α,β-unsaturated/α-hetero) is 1. The van der Waals surface area contributed by atoms with E-state index in [9.17, 15) is 9.59 Å². The predicted octanol–water partition coefficient (Wildman–Crippen LogP) is 6.54. The Labute approximate surface area is 224 Å². The zero-order valence-corrected chi connectivity index (χ0v) is 22.5. The Morgan fingerprint density at radius 1 is 1.03 bits per heavy atom. The Kier molecular flexibility index (Phi) is 7.65. The van der Waals surface area contributed by atoms with Gasteiger partial charge in [-0.25, -0.2) is 0 Å². The molecule has 3 aliphatic carbocycles. The number of carbonyl (C=O) groups excluding carboxylic acids is 2. The van der Waals surface area contributed by atoms with Crippen molar-refractivity contribution in [2.24, 2.45) is 17.3 Å². The summed E-state index contributed by atoms with van der Waals surface area (Å²) in [6, 6.07) is 14.1. The number of hydrogen-bond donors (Lipinski definition) is 0. The standard InChI is InChI=1S/C30H35Cl2NO3/c1-30-13-12-25-24-9-7-23(19-21(24)4-8-26(25)27(30)10-11-28(30)34)36-29(35)18-20-2-5-22(6-3-20)33(16-14-31)17-15-32/h2-3,5-7,9,19,25-27H,4,8,10-18H2,1H3. The maximum Gasteiger partial charge on any atom is 0.315 e. The van der Waals surface area contributed by atoms with E-state index < -0.39 is 0 Å². The molecule has 0 radical (unpaired) electrons. The molecule has 0 spiro atoms. The van der Waals surface area contributed by atoms with E-state index in [1.165, 1.54) is 11.1 Å². The number of halogens is 2. The Morgan fingerprint density at radius 3 is 2.50 bits per heavy atom. The van der Waals surface area contributed by atoms with Crippen LogP contribution in [-0.2, 0) is 22.4 Å². The number of carbonyl (C=O) groups is 2. The highest BCUT2D eigenvalue weighted by Crippen LogP contribution is 2.59. The molecule has 3 aliphatic rings. The van der Waals surface area contributed by atoms with Crippen LogP contribution in [0.1, 0.15) is 61.6 Å². The van der Waals surface area contributed by atoms with Crippen LogP contribution in [0.2, 0.25) is 0 Å². The van der Waals surface area contributed by atoms with Gasteiger partial charge in [0.15, 0.2) is 0 Å². The summed E-state index contributed by atoms with van der Waals surface area (Å²) in [7, 11) is 0. The van der Waals surface area contributed by atoms with Gasteiger partial charge in [-0.3, -0.25) is 9.59 Å². The number of benzene rings is 2. The molecule has 6 heteroatoms. The second kappa shape index (κ2) is 10.8. The molecule has 4 nitrogen and oxygen atoms in total. The normalized spacial score (nSPS) is 26.6. The molecule has 2 saturated carbocycles. The van der Waals surface area contributed by atoms with Crippen molar-refractivity contribution in [2.45, 2.75) is 57.8 Å². The molecule has 0 aliphatic heterocycles. The van der Waals surface area contributed by atoms with Gasteiger partial charge in [-0.1, -0.05) is 25.1 Å². The van der Waals surface area contributed by atoms with Crippen molar-refractivity contribution >= 4 is 40.6 Å². The molecule has 2 fully saturated rings. The number of nitrogens with zero attached hydrogens (tertiary/aromatic N) is 1. The van der Waals surface area contributed by atoms with E-state index >= 15 is 0 Å².